The lowest BCUT2D eigenvalue weighted by atomic mass is 10.3. The highest BCUT2D eigenvalue weighted by atomic mass is 79.9. The molecule has 0 saturated carbocycles. The van der Waals surface area contributed by atoms with Gasteiger partial charge in [-0.05, 0) is 33.2 Å². The molecule has 2 rings (SSSR count). The van der Waals surface area contributed by atoms with Gasteiger partial charge in [0, 0.05) is 10.7 Å². The van der Waals surface area contributed by atoms with Gasteiger partial charge in [0.2, 0.25) is 0 Å². The Hall–Kier alpha value is -1.76. The second kappa shape index (κ2) is 3.77. The van der Waals surface area contributed by atoms with Crippen LogP contribution in [-0.4, -0.2) is 26.2 Å². The Balaban J connectivity index is 2.37. The Bertz CT molecular complexity index is 494. The maximum Gasteiger partial charge on any atom is 0.377 e. The highest BCUT2D eigenvalue weighted by molar-refractivity contribution is 9.10. The summed E-state index contributed by atoms with van der Waals surface area (Å²) in [6.45, 7) is 0. The molecule has 0 aliphatic heterocycles. The first kappa shape index (κ1) is 9.78. The number of carboxylic acid groups (broad SMARTS) is 1. The monoisotopic (exact) mass is 269 g/mol. The van der Waals surface area contributed by atoms with E-state index in [1.165, 1.54) is 0 Å². The van der Waals surface area contributed by atoms with Gasteiger partial charge in [-0.3, -0.25) is 0 Å². The quantitative estimate of drug-likeness (QED) is 0.891. The van der Waals surface area contributed by atoms with E-state index in [1.807, 2.05) is 0 Å². The topological polar surface area (TPSA) is 89.1 Å². The van der Waals surface area contributed by atoms with Crippen LogP contribution in [-0.2, 0) is 0 Å². The van der Waals surface area contributed by atoms with Crippen molar-refractivity contribution in [3.05, 3.63) is 28.6 Å². The van der Waals surface area contributed by atoms with Crippen LogP contribution in [0, 0.1) is 0 Å². The summed E-state index contributed by atoms with van der Waals surface area (Å²) in [5.41, 5.74) is 0.429. The molecular formula is C8H4BrN3O3. The van der Waals surface area contributed by atoms with Crippen molar-refractivity contribution in [1.29, 1.82) is 0 Å². The predicted molar refractivity (Wildman–Crippen MR) is 52.2 cm³/mol. The minimum atomic E-state index is -1.23. The Morgan fingerprint density at radius 1 is 1.47 bits per heavy atom. The molecule has 0 aliphatic carbocycles. The van der Waals surface area contributed by atoms with Crippen molar-refractivity contribution in [2.45, 2.75) is 0 Å². The number of hydrogen-bond acceptors (Lipinski definition) is 5. The largest absolute Gasteiger partial charge is 0.475 e. The maximum absolute atomic E-state index is 10.5. The summed E-state index contributed by atoms with van der Waals surface area (Å²) in [7, 11) is 0. The molecule has 15 heavy (non-hydrogen) atoms. The van der Waals surface area contributed by atoms with Crippen molar-refractivity contribution < 1.29 is 14.4 Å². The summed E-state index contributed by atoms with van der Waals surface area (Å²) in [4.78, 5) is 18.1. The van der Waals surface area contributed by atoms with E-state index in [-0.39, 0.29) is 11.7 Å². The Labute approximate surface area is 92.1 Å². The second-order valence-corrected chi connectivity index (χ2v) is 3.51. The molecule has 7 heteroatoms. The van der Waals surface area contributed by atoms with Crippen LogP contribution in [0.4, 0.5) is 0 Å². The first-order valence-corrected chi connectivity index (χ1v) is 4.65. The first-order valence-electron chi connectivity index (χ1n) is 3.86. The van der Waals surface area contributed by atoms with Gasteiger partial charge in [-0.2, -0.15) is 4.98 Å². The van der Waals surface area contributed by atoms with Crippen LogP contribution in [0.5, 0.6) is 0 Å². The molecule has 2 heterocycles. The zero-order valence-corrected chi connectivity index (χ0v) is 8.80. The number of halogens is 1. The number of carboxylic acids is 1. The van der Waals surface area contributed by atoms with E-state index in [9.17, 15) is 4.79 Å². The number of pyridine rings is 1. The van der Waals surface area contributed by atoms with E-state index < -0.39 is 5.97 Å². The van der Waals surface area contributed by atoms with Crippen LogP contribution >= 0.6 is 15.9 Å². The number of carbonyl (C=O) groups is 1. The molecule has 0 spiro atoms. The molecule has 0 radical (unpaired) electrons. The summed E-state index contributed by atoms with van der Waals surface area (Å²) < 4.78 is 5.54. The number of nitrogens with zero attached hydrogens (tertiary/aromatic N) is 3. The number of hydrogen-bond donors (Lipinski definition) is 1. The van der Waals surface area contributed by atoms with E-state index in [0.29, 0.717) is 5.69 Å². The third-order valence-electron chi connectivity index (χ3n) is 1.56. The molecule has 0 aromatic carbocycles. The fourth-order valence-corrected chi connectivity index (χ4v) is 1.15. The molecule has 0 saturated heterocycles. The van der Waals surface area contributed by atoms with Crippen molar-refractivity contribution in [3.8, 4) is 11.6 Å². The molecule has 0 fully saturated rings. The van der Waals surface area contributed by atoms with Crippen LogP contribution in [0.2, 0.25) is 0 Å². The van der Waals surface area contributed by atoms with Gasteiger partial charge in [0.05, 0.1) is 0 Å². The van der Waals surface area contributed by atoms with Crippen LogP contribution in [0.15, 0.2) is 27.3 Å². The van der Waals surface area contributed by atoms with Gasteiger partial charge >= 0.3 is 5.97 Å². The van der Waals surface area contributed by atoms with Gasteiger partial charge in [-0.15, -0.1) is 0 Å². The molecule has 1 N–H and O–H groups in total. The minimum absolute atomic E-state index is 0.0832. The van der Waals surface area contributed by atoms with Crippen molar-refractivity contribution in [3.63, 3.8) is 0 Å². The van der Waals surface area contributed by atoms with E-state index in [2.05, 4.69) is 31.1 Å². The smallest absolute Gasteiger partial charge is 0.377 e. The standard InChI is InChI=1S/C8H4BrN3O3/c9-4-1-2-5(10-3-4)7-11-6(8(13)14)12-15-7/h1-3H,(H,13,14). The molecule has 0 bridgehead atoms. The van der Waals surface area contributed by atoms with E-state index in [0.717, 1.165) is 4.47 Å². The van der Waals surface area contributed by atoms with Gasteiger partial charge < -0.3 is 9.63 Å². The summed E-state index contributed by atoms with van der Waals surface area (Å²) in [6.07, 6.45) is 1.56. The Morgan fingerprint density at radius 2 is 2.27 bits per heavy atom. The average molecular weight is 270 g/mol. The molecule has 0 atom stereocenters. The zero-order valence-electron chi connectivity index (χ0n) is 7.22. The van der Waals surface area contributed by atoms with Crippen LogP contribution in [0.3, 0.4) is 0 Å². The average Bonchev–Trinajstić information content (AvgIpc) is 2.68. The Morgan fingerprint density at radius 3 is 2.80 bits per heavy atom. The normalized spacial score (nSPS) is 10.2. The molecule has 0 aliphatic rings. The van der Waals surface area contributed by atoms with E-state index >= 15 is 0 Å². The number of aromatic carboxylic acids is 1. The molecule has 0 unspecified atom stereocenters. The summed E-state index contributed by atoms with van der Waals surface area (Å²) in [5, 5.41) is 11.9. The van der Waals surface area contributed by atoms with Gasteiger partial charge in [-0.25, -0.2) is 9.78 Å². The summed E-state index contributed by atoms with van der Waals surface area (Å²) in [6, 6.07) is 3.39. The van der Waals surface area contributed by atoms with Crippen molar-refractivity contribution in [1.82, 2.24) is 15.1 Å². The highest BCUT2D eigenvalue weighted by Crippen LogP contribution is 2.16. The van der Waals surface area contributed by atoms with Crippen molar-refractivity contribution in [2.75, 3.05) is 0 Å². The van der Waals surface area contributed by atoms with Gasteiger partial charge in [-0.1, -0.05) is 0 Å². The molecule has 2 aromatic rings. The fraction of sp³-hybridized carbons (Fsp3) is 0. The Kier molecular flexibility index (Phi) is 2.46. The van der Waals surface area contributed by atoms with Crippen molar-refractivity contribution >= 4 is 21.9 Å². The first-order chi connectivity index (χ1) is 7.16. The third-order valence-corrected chi connectivity index (χ3v) is 2.03. The van der Waals surface area contributed by atoms with Gasteiger partial charge in [0.1, 0.15) is 5.69 Å². The summed E-state index contributed by atoms with van der Waals surface area (Å²) in [5.74, 6) is -1.53. The molecule has 0 amide bonds. The van der Waals surface area contributed by atoms with Gasteiger partial charge in [0.15, 0.2) is 0 Å². The number of aromatic nitrogens is 3. The predicted octanol–water partition coefficient (Wildman–Crippen LogP) is 1.59. The van der Waals surface area contributed by atoms with E-state index in [1.54, 1.807) is 18.3 Å². The van der Waals surface area contributed by atoms with Gasteiger partial charge in [0.25, 0.3) is 11.7 Å². The minimum Gasteiger partial charge on any atom is -0.475 e. The summed E-state index contributed by atoms with van der Waals surface area (Å²) >= 11 is 3.22. The van der Waals surface area contributed by atoms with Crippen molar-refractivity contribution in [2.24, 2.45) is 0 Å². The lowest BCUT2D eigenvalue weighted by molar-refractivity contribution is 0.0680. The SMILES string of the molecule is O=C(O)c1noc(-c2ccc(Br)cn2)n1. The zero-order chi connectivity index (χ0) is 10.8. The van der Waals surface area contributed by atoms with E-state index in [4.69, 9.17) is 9.63 Å². The molecule has 2 aromatic heterocycles. The second-order valence-electron chi connectivity index (χ2n) is 2.59. The lowest BCUT2D eigenvalue weighted by Crippen LogP contribution is -1.98. The molecule has 76 valence electrons. The van der Waals surface area contributed by atoms with Crippen LogP contribution in [0.25, 0.3) is 11.6 Å². The highest BCUT2D eigenvalue weighted by Gasteiger charge is 2.14. The maximum atomic E-state index is 10.5. The van der Waals surface area contributed by atoms with Crippen LogP contribution in [0.1, 0.15) is 10.6 Å². The molecule has 6 nitrogen and oxygen atoms in total. The molecular weight excluding hydrogens is 266 g/mol. The number of rotatable bonds is 2. The third kappa shape index (κ3) is 2.01. The van der Waals surface area contributed by atoms with Crippen LogP contribution < -0.4 is 0 Å². The fourth-order valence-electron chi connectivity index (χ4n) is 0.917. The lowest BCUT2D eigenvalue weighted by Gasteiger charge is -1.91.